The first kappa shape index (κ1) is 15.5. The monoisotopic (exact) mass is 270 g/mol. The minimum absolute atomic E-state index is 0.0160. The molecule has 0 aromatic rings. The molecule has 1 rings (SSSR count). The second-order valence-electron chi connectivity index (χ2n) is 5.97. The van der Waals surface area contributed by atoms with E-state index in [9.17, 15) is 19.5 Å². The minimum atomic E-state index is -1.09. The average molecular weight is 270 g/mol. The summed E-state index contributed by atoms with van der Waals surface area (Å²) >= 11 is 0. The van der Waals surface area contributed by atoms with Gasteiger partial charge < -0.3 is 14.9 Å². The molecule has 1 fully saturated rings. The van der Waals surface area contributed by atoms with Crippen molar-refractivity contribution in [2.24, 2.45) is 11.3 Å². The van der Waals surface area contributed by atoms with Crippen LogP contribution >= 0.6 is 0 Å². The Hall–Kier alpha value is -1.59. The van der Waals surface area contributed by atoms with Gasteiger partial charge in [-0.05, 0) is 5.41 Å². The third-order valence-electron chi connectivity index (χ3n) is 3.40. The van der Waals surface area contributed by atoms with Crippen molar-refractivity contribution in [1.82, 2.24) is 9.80 Å². The molecule has 6 nitrogen and oxygen atoms in total. The zero-order chi connectivity index (χ0) is 14.8. The lowest BCUT2D eigenvalue weighted by Crippen LogP contribution is -2.54. The normalized spacial score (nSPS) is 18.1. The van der Waals surface area contributed by atoms with Crippen LogP contribution < -0.4 is 0 Å². The average Bonchev–Trinajstić information content (AvgIpc) is 2.26. The van der Waals surface area contributed by atoms with Crippen LogP contribution in [0.2, 0.25) is 0 Å². The van der Waals surface area contributed by atoms with Crippen molar-refractivity contribution in [2.75, 3.05) is 26.2 Å². The van der Waals surface area contributed by atoms with Gasteiger partial charge in [-0.3, -0.25) is 14.4 Å². The van der Waals surface area contributed by atoms with Crippen LogP contribution in [0.15, 0.2) is 0 Å². The predicted octanol–water partition coefficient (Wildman–Crippen LogP) is 0.424. The fourth-order valence-electron chi connectivity index (χ4n) is 2.27. The summed E-state index contributed by atoms with van der Waals surface area (Å²) in [4.78, 5) is 38.0. The van der Waals surface area contributed by atoms with Crippen molar-refractivity contribution in [3.8, 4) is 0 Å². The maximum absolute atomic E-state index is 12.3. The summed E-state index contributed by atoms with van der Waals surface area (Å²) in [6, 6.07) is 0. The molecule has 108 valence electrons. The SMILES string of the molecule is CC(=O)N1CCN(C(=O)C(C(=O)O)C(C)(C)C)CC1. The summed E-state index contributed by atoms with van der Waals surface area (Å²) in [6.45, 7) is 8.47. The lowest BCUT2D eigenvalue weighted by molar-refractivity contribution is -0.158. The largest absolute Gasteiger partial charge is 0.481 e. The number of carboxylic acid groups (broad SMARTS) is 1. The first-order chi connectivity index (χ1) is 8.64. The maximum atomic E-state index is 12.3. The molecule has 2 amide bonds. The highest BCUT2D eigenvalue weighted by molar-refractivity contribution is 5.97. The Morgan fingerprint density at radius 3 is 1.74 bits per heavy atom. The van der Waals surface area contributed by atoms with Crippen LogP contribution in [0, 0.1) is 11.3 Å². The number of hydrogen-bond acceptors (Lipinski definition) is 3. The van der Waals surface area contributed by atoms with Crippen molar-refractivity contribution in [1.29, 1.82) is 0 Å². The third-order valence-corrected chi connectivity index (χ3v) is 3.40. The lowest BCUT2D eigenvalue weighted by atomic mass is 9.79. The van der Waals surface area contributed by atoms with Crippen molar-refractivity contribution in [3.05, 3.63) is 0 Å². The minimum Gasteiger partial charge on any atom is -0.481 e. The molecule has 1 heterocycles. The number of carbonyl (C=O) groups excluding carboxylic acids is 2. The van der Waals surface area contributed by atoms with Crippen LogP contribution in [0.25, 0.3) is 0 Å². The topological polar surface area (TPSA) is 77.9 Å². The molecular formula is C13H22N2O4. The Bertz CT molecular complexity index is 379. The molecule has 19 heavy (non-hydrogen) atoms. The van der Waals surface area contributed by atoms with E-state index in [-0.39, 0.29) is 11.8 Å². The Labute approximate surface area is 113 Å². The van der Waals surface area contributed by atoms with Crippen LogP contribution in [-0.4, -0.2) is 58.9 Å². The summed E-state index contributed by atoms with van der Waals surface area (Å²) in [5, 5.41) is 9.24. The third kappa shape index (κ3) is 3.68. The molecule has 0 saturated carbocycles. The number of carbonyl (C=O) groups is 3. The van der Waals surface area contributed by atoms with Gasteiger partial charge in [0.1, 0.15) is 5.92 Å². The Balaban J connectivity index is 2.73. The van der Waals surface area contributed by atoms with Gasteiger partial charge in [0.05, 0.1) is 0 Å². The number of aliphatic carboxylic acids is 1. The molecule has 1 N–H and O–H groups in total. The van der Waals surface area contributed by atoms with Crippen molar-refractivity contribution >= 4 is 17.8 Å². The number of amides is 2. The van der Waals surface area contributed by atoms with Gasteiger partial charge in [-0.1, -0.05) is 20.8 Å². The van der Waals surface area contributed by atoms with Gasteiger partial charge in [-0.25, -0.2) is 0 Å². The van der Waals surface area contributed by atoms with E-state index < -0.39 is 17.3 Å². The predicted molar refractivity (Wildman–Crippen MR) is 69.4 cm³/mol. The summed E-state index contributed by atoms with van der Waals surface area (Å²) in [7, 11) is 0. The summed E-state index contributed by atoms with van der Waals surface area (Å²) in [6.07, 6.45) is 0. The number of rotatable bonds is 2. The summed E-state index contributed by atoms with van der Waals surface area (Å²) < 4.78 is 0. The van der Waals surface area contributed by atoms with Gasteiger partial charge >= 0.3 is 5.97 Å². The van der Waals surface area contributed by atoms with E-state index in [1.54, 1.807) is 30.6 Å². The van der Waals surface area contributed by atoms with Crippen LogP contribution in [0.3, 0.4) is 0 Å². The van der Waals surface area contributed by atoms with Gasteiger partial charge in [0.2, 0.25) is 11.8 Å². The second-order valence-corrected chi connectivity index (χ2v) is 5.97. The molecular weight excluding hydrogens is 248 g/mol. The number of hydrogen-bond donors (Lipinski definition) is 1. The van der Waals surface area contributed by atoms with Gasteiger partial charge in [0.25, 0.3) is 0 Å². The summed E-state index contributed by atoms with van der Waals surface area (Å²) in [5.41, 5.74) is -0.624. The van der Waals surface area contributed by atoms with E-state index in [0.29, 0.717) is 26.2 Å². The Morgan fingerprint density at radius 2 is 1.42 bits per heavy atom. The van der Waals surface area contributed by atoms with Crippen LogP contribution in [0.1, 0.15) is 27.7 Å². The smallest absolute Gasteiger partial charge is 0.316 e. The molecule has 0 aromatic heterocycles. The molecule has 1 saturated heterocycles. The second kappa shape index (κ2) is 5.59. The first-order valence-corrected chi connectivity index (χ1v) is 6.41. The van der Waals surface area contributed by atoms with Crippen LogP contribution in [0.5, 0.6) is 0 Å². The van der Waals surface area contributed by atoms with Crippen LogP contribution in [-0.2, 0) is 14.4 Å². The standard InChI is InChI=1S/C13H22N2O4/c1-9(16)14-5-7-15(8-6-14)11(17)10(12(18)19)13(2,3)4/h10H,5-8H2,1-4H3,(H,18,19). The van der Waals surface area contributed by atoms with E-state index in [2.05, 4.69) is 0 Å². The molecule has 1 aliphatic heterocycles. The van der Waals surface area contributed by atoms with Crippen molar-refractivity contribution in [2.45, 2.75) is 27.7 Å². The molecule has 0 aromatic carbocycles. The molecule has 0 bridgehead atoms. The lowest BCUT2D eigenvalue weighted by Gasteiger charge is -2.37. The van der Waals surface area contributed by atoms with Crippen LogP contribution in [0.4, 0.5) is 0 Å². The van der Waals surface area contributed by atoms with Crippen molar-refractivity contribution < 1.29 is 19.5 Å². The number of carboxylic acids is 1. The molecule has 6 heteroatoms. The summed E-state index contributed by atoms with van der Waals surface area (Å²) in [5.74, 6) is -2.51. The quantitative estimate of drug-likeness (QED) is 0.738. The number of nitrogens with zero attached hydrogens (tertiary/aromatic N) is 2. The highest BCUT2D eigenvalue weighted by Crippen LogP contribution is 2.28. The molecule has 1 unspecified atom stereocenters. The van der Waals surface area contributed by atoms with Gasteiger partial charge in [0, 0.05) is 33.1 Å². The first-order valence-electron chi connectivity index (χ1n) is 6.41. The molecule has 1 atom stereocenters. The zero-order valence-electron chi connectivity index (χ0n) is 12.0. The fraction of sp³-hybridized carbons (Fsp3) is 0.769. The highest BCUT2D eigenvalue weighted by atomic mass is 16.4. The highest BCUT2D eigenvalue weighted by Gasteiger charge is 2.40. The Kier molecular flexibility index (Phi) is 4.55. The zero-order valence-corrected chi connectivity index (χ0v) is 12.0. The number of piperazine rings is 1. The van der Waals surface area contributed by atoms with E-state index in [1.807, 2.05) is 0 Å². The van der Waals surface area contributed by atoms with Gasteiger partial charge in [0.15, 0.2) is 0 Å². The Morgan fingerprint density at radius 1 is 1.00 bits per heavy atom. The molecule has 0 aliphatic carbocycles. The van der Waals surface area contributed by atoms with Gasteiger partial charge in [-0.15, -0.1) is 0 Å². The van der Waals surface area contributed by atoms with Gasteiger partial charge in [-0.2, -0.15) is 0 Å². The fourth-order valence-corrected chi connectivity index (χ4v) is 2.27. The maximum Gasteiger partial charge on any atom is 0.316 e. The van der Waals surface area contributed by atoms with E-state index in [1.165, 1.54) is 6.92 Å². The molecule has 1 aliphatic rings. The van der Waals surface area contributed by atoms with E-state index in [4.69, 9.17) is 0 Å². The van der Waals surface area contributed by atoms with E-state index >= 15 is 0 Å². The van der Waals surface area contributed by atoms with E-state index in [0.717, 1.165) is 0 Å². The molecule has 0 radical (unpaired) electrons. The molecule has 0 spiro atoms. The van der Waals surface area contributed by atoms with Crippen molar-refractivity contribution in [3.63, 3.8) is 0 Å².